The SMILES string of the molecule is CC(C)CC(=O)Nc1cc(Br)ccc1-n1cncn1. The van der Waals surface area contributed by atoms with E-state index in [9.17, 15) is 4.79 Å². The number of halogens is 1. The molecular formula is C13H15BrN4O. The molecule has 0 saturated heterocycles. The molecule has 5 nitrogen and oxygen atoms in total. The molecule has 0 fully saturated rings. The average Bonchev–Trinajstić information content (AvgIpc) is 2.81. The van der Waals surface area contributed by atoms with Gasteiger partial charge in [0.15, 0.2) is 0 Å². The molecular weight excluding hydrogens is 308 g/mol. The minimum Gasteiger partial charge on any atom is -0.324 e. The van der Waals surface area contributed by atoms with Crippen LogP contribution in [-0.2, 0) is 4.79 Å². The summed E-state index contributed by atoms with van der Waals surface area (Å²) in [6.45, 7) is 4.03. The molecule has 1 amide bonds. The van der Waals surface area contributed by atoms with Crippen LogP contribution in [0, 0.1) is 5.92 Å². The summed E-state index contributed by atoms with van der Waals surface area (Å²) in [5.41, 5.74) is 1.50. The number of benzene rings is 1. The lowest BCUT2D eigenvalue weighted by Crippen LogP contribution is -2.15. The van der Waals surface area contributed by atoms with Crippen LogP contribution in [-0.4, -0.2) is 20.7 Å². The average molecular weight is 323 g/mol. The number of hydrogen-bond acceptors (Lipinski definition) is 3. The minimum absolute atomic E-state index is 0.00512. The summed E-state index contributed by atoms with van der Waals surface area (Å²) in [7, 11) is 0. The minimum atomic E-state index is -0.00512. The second-order valence-electron chi connectivity index (χ2n) is 4.65. The fraction of sp³-hybridized carbons (Fsp3) is 0.308. The normalized spacial score (nSPS) is 10.7. The van der Waals surface area contributed by atoms with E-state index >= 15 is 0 Å². The van der Waals surface area contributed by atoms with Gasteiger partial charge in [-0.15, -0.1) is 0 Å². The molecule has 2 aromatic rings. The molecule has 19 heavy (non-hydrogen) atoms. The van der Waals surface area contributed by atoms with Crippen LogP contribution in [0.3, 0.4) is 0 Å². The second-order valence-corrected chi connectivity index (χ2v) is 5.56. The molecule has 100 valence electrons. The Hall–Kier alpha value is -1.69. The third kappa shape index (κ3) is 3.64. The maximum atomic E-state index is 11.9. The van der Waals surface area contributed by atoms with Crippen molar-refractivity contribution in [2.24, 2.45) is 5.92 Å². The summed E-state index contributed by atoms with van der Waals surface area (Å²) in [6, 6.07) is 5.63. The van der Waals surface area contributed by atoms with E-state index in [4.69, 9.17) is 0 Å². The molecule has 0 aliphatic rings. The molecule has 0 bridgehead atoms. The summed E-state index contributed by atoms with van der Waals surface area (Å²) in [5.74, 6) is 0.316. The van der Waals surface area contributed by atoms with Gasteiger partial charge in [-0.25, -0.2) is 9.67 Å². The number of carbonyl (C=O) groups is 1. The maximum absolute atomic E-state index is 11.9. The summed E-state index contributed by atoms with van der Waals surface area (Å²) >= 11 is 3.40. The van der Waals surface area contributed by atoms with Crippen molar-refractivity contribution in [2.45, 2.75) is 20.3 Å². The molecule has 1 N–H and O–H groups in total. The van der Waals surface area contributed by atoms with Gasteiger partial charge in [-0.3, -0.25) is 4.79 Å². The number of carbonyl (C=O) groups excluding carboxylic acids is 1. The third-order valence-corrected chi connectivity index (χ3v) is 2.99. The molecule has 0 atom stereocenters. The van der Waals surface area contributed by atoms with E-state index in [2.05, 4.69) is 31.3 Å². The van der Waals surface area contributed by atoms with Gasteiger partial charge in [0.2, 0.25) is 5.91 Å². The van der Waals surface area contributed by atoms with E-state index in [-0.39, 0.29) is 5.91 Å². The van der Waals surface area contributed by atoms with Crippen LogP contribution in [0.5, 0.6) is 0 Å². The molecule has 0 aliphatic carbocycles. The number of hydrogen-bond donors (Lipinski definition) is 1. The van der Waals surface area contributed by atoms with Crippen LogP contribution in [0.2, 0.25) is 0 Å². The lowest BCUT2D eigenvalue weighted by Gasteiger charge is -2.12. The van der Waals surface area contributed by atoms with Gasteiger partial charge in [0, 0.05) is 10.9 Å². The van der Waals surface area contributed by atoms with Crippen molar-refractivity contribution in [3.05, 3.63) is 35.3 Å². The summed E-state index contributed by atoms with van der Waals surface area (Å²) < 4.78 is 2.52. The van der Waals surface area contributed by atoms with Gasteiger partial charge in [-0.05, 0) is 24.1 Å². The lowest BCUT2D eigenvalue weighted by atomic mass is 10.1. The van der Waals surface area contributed by atoms with Crippen LogP contribution < -0.4 is 5.32 Å². The van der Waals surface area contributed by atoms with Gasteiger partial charge in [0.1, 0.15) is 12.7 Å². The summed E-state index contributed by atoms with van der Waals surface area (Å²) in [6.07, 6.45) is 3.55. The van der Waals surface area contributed by atoms with E-state index in [1.807, 2.05) is 32.0 Å². The molecule has 0 saturated carbocycles. The smallest absolute Gasteiger partial charge is 0.224 e. The quantitative estimate of drug-likeness (QED) is 0.941. The van der Waals surface area contributed by atoms with Crippen LogP contribution in [0.1, 0.15) is 20.3 Å². The number of nitrogens with zero attached hydrogens (tertiary/aromatic N) is 3. The molecule has 6 heteroatoms. The summed E-state index contributed by atoms with van der Waals surface area (Å²) in [4.78, 5) is 15.8. The Labute approximate surface area is 120 Å². The second kappa shape index (κ2) is 5.97. The van der Waals surface area contributed by atoms with Crippen LogP contribution >= 0.6 is 15.9 Å². The van der Waals surface area contributed by atoms with Crippen molar-refractivity contribution >= 4 is 27.5 Å². The van der Waals surface area contributed by atoms with Gasteiger partial charge in [0.05, 0.1) is 11.4 Å². The Kier molecular flexibility index (Phi) is 4.31. The van der Waals surface area contributed by atoms with E-state index in [0.717, 1.165) is 10.2 Å². The monoisotopic (exact) mass is 322 g/mol. The molecule has 1 aromatic carbocycles. The lowest BCUT2D eigenvalue weighted by molar-refractivity contribution is -0.116. The van der Waals surface area contributed by atoms with Crippen LogP contribution in [0.15, 0.2) is 35.3 Å². The molecule has 0 spiro atoms. The fourth-order valence-corrected chi connectivity index (χ4v) is 2.07. The molecule has 1 aromatic heterocycles. The number of anilines is 1. The van der Waals surface area contributed by atoms with Crippen LogP contribution in [0.25, 0.3) is 5.69 Å². The highest BCUT2D eigenvalue weighted by Crippen LogP contribution is 2.24. The van der Waals surface area contributed by atoms with Crippen molar-refractivity contribution in [2.75, 3.05) is 5.32 Å². The van der Waals surface area contributed by atoms with Gasteiger partial charge in [0.25, 0.3) is 0 Å². The van der Waals surface area contributed by atoms with E-state index < -0.39 is 0 Å². The van der Waals surface area contributed by atoms with E-state index in [0.29, 0.717) is 18.0 Å². The predicted molar refractivity (Wildman–Crippen MR) is 77.1 cm³/mol. The molecule has 0 aliphatic heterocycles. The Morgan fingerprint density at radius 2 is 2.26 bits per heavy atom. The van der Waals surface area contributed by atoms with Crippen LogP contribution in [0.4, 0.5) is 5.69 Å². The van der Waals surface area contributed by atoms with Crippen molar-refractivity contribution in [3.8, 4) is 5.69 Å². The Bertz CT molecular complexity index is 566. The highest BCUT2D eigenvalue weighted by atomic mass is 79.9. The number of rotatable bonds is 4. The van der Waals surface area contributed by atoms with Gasteiger partial charge in [-0.2, -0.15) is 5.10 Å². The predicted octanol–water partition coefficient (Wildman–Crippen LogP) is 3.01. The Morgan fingerprint density at radius 1 is 1.47 bits per heavy atom. The number of nitrogens with one attached hydrogen (secondary N) is 1. The molecule has 2 rings (SSSR count). The zero-order valence-electron chi connectivity index (χ0n) is 10.8. The number of amides is 1. The fourth-order valence-electron chi connectivity index (χ4n) is 1.71. The Morgan fingerprint density at radius 3 is 2.89 bits per heavy atom. The van der Waals surface area contributed by atoms with Gasteiger partial charge >= 0.3 is 0 Å². The topological polar surface area (TPSA) is 59.8 Å². The van der Waals surface area contributed by atoms with E-state index in [1.165, 1.54) is 6.33 Å². The van der Waals surface area contributed by atoms with Crippen molar-refractivity contribution in [3.63, 3.8) is 0 Å². The largest absolute Gasteiger partial charge is 0.324 e. The maximum Gasteiger partial charge on any atom is 0.224 e. The third-order valence-electron chi connectivity index (χ3n) is 2.49. The first-order valence-electron chi connectivity index (χ1n) is 6.00. The van der Waals surface area contributed by atoms with E-state index in [1.54, 1.807) is 11.0 Å². The molecule has 1 heterocycles. The van der Waals surface area contributed by atoms with Crippen molar-refractivity contribution < 1.29 is 4.79 Å². The Balaban J connectivity index is 2.28. The first-order chi connectivity index (χ1) is 9.06. The van der Waals surface area contributed by atoms with Gasteiger partial charge < -0.3 is 5.32 Å². The number of aromatic nitrogens is 3. The summed E-state index contributed by atoms with van der Waals surface area (Å²) in [5, 5.41) is 7.00. The highest BCUT2D eigenvalue weighted by Gasteiger charge is 2.11. The molecule has 0 unspecified atom stereocenters. The zero-order chi connectivity index (χ0) is 13.8. The van der Waals surface area contributed by atoms with Gasteiger partial charge in [-0.1, -0.05) is 29.8 Å². The van der Waals surface area contributed by atoms with Crippen molar-refractivity contribution in [1.29, 1.82) is 0 Å². The first-order valence-corrected chi connectivity index (χ1v) is 6.80. The highest BCUT2D eigenvalue weighted by molar-refractivity contribution is 9.10. The molecule has 0 radical (unpaired) electrons. The first kappa shape index (κ1) is 13.7. The standard InChI is InChI=1S/C13H15BrN4O/c1-9(2)5-13(19)17-11-6-10(14)3-4-12(11)18-8-15-7-16-18/h3-4,6-9H,5H2,1-2H3,(H,17,19). The zero-order valence-corrected chi connectivity index (χ0v) is 12.4. The van der Waals surface area contributed by atoms with Crippen molar-refractivity contribution in [1.82, 2.24) is 14.8 Å².